The van der Waals surface area contributed by atoms with Gasteiger partial charge in [0, 0.05) is 0 Å². The molecule has 18 heavy (non-hydrogen) atoms. The second-order valence-electron chi connectivity index (χ2n) is 6.80. The van der Waals surface area contributed by atoms with E-state index in [-0.39, 0.29) is 11.5 Å². The van der Waals surface area contributed by atoms with Gasteiger partial charge in [-0.1, -0.05) is 26.8 Å². The van der Waals surface area contributed by atoms with Crippen LogP contribution in [0.4, 0.5) is 0 Å². The van der Waals surface area contributed by atoms with E-state index in [1.807, 2.05) is 6.07 Å². The quantitative estimate of drug-likeness (QED) is 0.738. The van der Waals surface area contributed by atoms with Crippen LogP contribution in [-0.2, 0) is 0 Å². The van der Waals surface area contributed by atoms with Crippen molar-refractivity contribution in [3.63, 3.8) is 0 Å². The SMILES string of the molecule is CC1C2CC(c3ccc(O)c(O)c3)C(C2)C1(C)C. The Morgan fingerprint density at radius 2 is 1.83 bits per heavy atom. The van der Waals surface area contributed by atoms with Gasteiger partial charge in [0.2, 0.25) is 0 Å². The summed E-state index contributed by atoms with van der Waals surface area (Å²) in [5.74, 6) is 2.88. The number of hydrogen-bond acceptors (Lipinski definition) is 2. The van der Waals surface area contributed by atoms with E-state index in [0.29, 0.717) is 17.3 Å². The Hall–Kier alpha value is -1.18. The zero-order valence-corrected chi connectivity index (χ0v) is 11.4. The van der Waals surface area contributed by atoms with Crippen LogP contribution in [0, 0.1) is 23.2 Å². The van der Waals surface area contributed by atoms with Crippen molar-refractivity contribution in [3.8, 4) is 11.5 Å². The van der Waals surface area contributed by atoms with E-state index >= 15 is 0 Å². The lowest BCUT2D eigenvalue weighted by atomic mass is 9.64. The summed E-state index contributed by atoms with van der Waals surface area (Å²) in [7, 11) is 0. The minimum atomic E-state index is -0.0189. The van der Waals surface area contributed by atoms with Crippen LogP contribution in [0.3, 0.4) is 0 Å². The highest BCUT2D eigenvalue weighted by Crippen LogP contribution is 2.64. The first-order valence-electron chi connectivity index (χ1n) is 6.93. The van der Waals surface area contributed by atoms with Crippen molar-refractivity contribution in [2.24, 2.45) is 23.2 Å². The predicted octanol–water partition coefficient (Wildman–Crippen LogP) is 3.88. The molecule has 2 aliphatic rings. The van der Waals surface area contributed by atoms with Crippen LogP contribution in [0.1, 0.15) is 45.1 Å². The smallest absolute Gasteiger partial charge is 0.157 e. The molecule has 2 nitrogen and oxygen atoms in total. The Balaban J connectivity index is 1.94. The van der Waals surface area contributed by atoms with Crippen molar-refractivity contribution in [2.75, 3.05) is 0 Å². The van der Waals surface area contributed by atoms with Crippen LogP contribution in [0.15, 0.2) is 18.2 Å². The molecule has 0 aromatic heterocycles. The number of rotatable bonds is 1. The monoisotopic (exact) mass is 246 g/mol. The van der Waals surface area contributed by atoms with E-state index in [1.54, 1.807) is 12.1 Å². The summed E-state index contributed by atoms with van der Waals surface area (Å²) in [5, 5.41) is 19.1. The van der Waals surface area contributed by atoms with Gasteiger partial charge in [0.1, 0.15) is 0 Å². The summed E-state index contributed by atoms with van der Waals surface area (Å²) < 4.78 is 0. The summed E-state index contributed by atoms with van der Waals surface area (Å²) in [5.41, 5.74) is 1.58. The fraction of sp³-hybridized carbons (Fsp3) is 0.625. The molecule has 3 rings (SSSR count). The molecule has 2 fully saturated rings. The number of fused-ring (bicyclic) bond motifs is 2. The molecule has 2 aliphatic carbocycles. The van der Waals surface area contributed by atoms with Crippen LogP contribution >= 0.6 is 0 Å². The van der Waals surface area contributed by atoms with Crippen molar-refractivity contribution in [3.05, 3.63) is 23.8 Å². The van der Waals surface area contributed by atoms with Crippen molar-refractivity contribution < 1.29 is 10.2 Å². The topological polar surface area (TPSA) is 40.5 Å². The van der Waals surface area contributed by atoms with Crippen molar-refractivity contribution in [2.45, 2.75) is 39.5 Å². The third kappa shape index (κ3) is 1.47. The standard InChI is InChI=1S/C16H22O2/c1-9-11-6-12(13(7-11)16(9,2)3)10-4-5-14(17)15(18)8-10/h4-5,8-9,11-13,17-18H,6-7H2,1-3H3. The highest BCUT2D eigenvalue weighted by atomic mass is 16.3. The molecule has 0 saturated heterocycles. The number of aromatic hydroxyl groups is 2. The number of phenolic OH excluding ortho intramolecular Hbond substituents is 2. The molecule has 2 N–H and O–H groups in total. The third-order valence-corrected chi connectivity index (χ3v) is 5.86. The Bertz CT molecular complexity index is 478. The molecule has 1 aromatic rings. The Kier molecular flexibility index (Phi) is 2.42. The summed E-state index contributed by atoms with van der Waals surface area (Å²) in [6.07, 6.45) is 2.56. The van der Waals surface area contributed by atoms with E-state index in [2.05, 4.69) is 20.8 Å². The maximum atomic E-state index is 9.66. The average molecular weight is 246 g/mol. The van der Waals surface area contributed by atoms with E-state index in [1.165, 1.54) is 18.4 Å². The molecule has 2 heteroatoms. The van der Waals surface area contributed by atoms with E-state index in [0.717, 1.165) is 11.8 Å². The van der Waals surface area contributed by atoms with Gasteiger partial charge < -0.3 is 10.2 Å². The first-order chi connectivity index (χ1) is 8.41. The Morgan fingerprint density at radius 3 is 2.39 bits per heavy atom. The number of hydrogen-bond donors (Lipinski definition) is 2. The number of phenols is 2. The lowest BCUT2D eigenvalue weighted by Crippen LogP contribution is -2.32. The highest BCUT2D eigenvalue weighted by Gasteiger charge is 2.55. The molecule has 4 atom stereocenters. The fourth-order valence-electron chi connectivity index (χ4n) is 4.39. The van der Waals surface area contributed by atoms with E-state index < -0.39 is 0 Å². The third-order valence-electron chi connectivity index (χ3n) is 5.86. The molecule has 0 aliphatic heterocycles. The number of benzene rings is 1. The molecule has 2 bridgehead atoms. The van der Waals surface area contributed by atoms with Crippen LogP contribution in [0.5, 0.6) is 11.5 Å². The van der Waals surface area contributed by atoms with E-state index in [9.17, 15) is 10.2 Å². The van der Waals surface area contributed by atoms with Crippen LogP contribution in [0.2, 0.25) is 0 Å². The van der Waals surface area contributed by atoms with Crippen molar-refractivity contribution in [1.29, 1.82) is 0 Å². The fourth-order valence-corrected chi connectivity index (χ4v) is 4.39. The van der Waals surface area contributed by atoms with Crippen molar-refractivity contribution >= 4 is 0 Å². The summed E-state index contributed by atoms with van der Waals surface area (Å²) in [6, 6.07) is 5.34. The zero-order valence-electron chi connectivity index (χ0n) is 11.4. The van der Waals surface area contributed by atoms with Crippen LogP contribution in [-0.4, -0.2) is 10.2 Å². The second-order valence-corrected chi connectivity index (χ2v) is 6.80. The van der Waals surface area contributed by atoms with Crippen LogP contribution in [0.25, 0.3) is 0 Å². The second kappa shape index (κ2) is 3.66. The molecule has 1 aromatic carbocycles. The van der Waals surface area contributed by atoms with Crippen LogP contribution < -0.4 is 0 Å². The molecule has 4 unspecified atom stereocenters. The van der Waals surface area contributed by atoms with Gasteiger partial charge in [0.05, 0.1) is 0 Å². The molecular weight excluding hydrogens is 224 g/mol. The van der Waals surface area contributed by atoms with Gasteiger partial charge in [-0.15, -0.1) is 0 Å². The van der Waals surface area contributed by atoms with Gasteiger partial charge >= 0.3 is 0 Å². The molecule has 98 valence electrons. The molecule has 0 spiro atoms. The summed E-state index contributed by atoms with van der Waals surface area (Å²) in [4.78, 5) is 0. The molecule has 0 amide bonds. The largest absolute Gasteiger partial charge is 0.504 e. The summed E-state index contributed by atoms with van der Waals surface area (Å²) in [6.45, 7) is 7.15. The lowest BCUT2D eigenvalue weighted by molar-refractivity contribution is 0.118. The predicted molar refractivity (Wildman–Crippen MR) is 71.7 cm³/mol. The minimum absolute atomic E-state index is 0.0149. The highest BCUT2D eigenvalue weighted by molar-refractivity contribution is 5.42. The maximum Gasteiger partial charge on any atom is 0.157 e. The normalized spacial score (nSPS) is 37.1. The summed E-state index contributed by atoms with van der Waals surface area (Å²) >= 11 is 0. The maximum absolute atomic E-state index is 9.66. The zero-order chi connectivity index (χ0) is 13.1. The van der Waals surface area contributed by atoms with Gasteiger partial charge in [-0.3, -0.25) is 0 Å². The van der Waals surface area contributed by atoms with Gasteiger partial charge in [0.25, 0.3) is 0 Å². The van der Waals surface area contributed by atoms with Gasteiger partial charge in [-0.25, -0.2) is 0 Å². The van der Waals surface area contributed by atoms with E-state index in [4.69, 9.17) is 0 Å². The molecule has 0 radical (unpaired) electrons. The molecule has 0 heterocycles. The average Bonchev–Trinajstić information content (AvgIpc) is 2.83. The van der Waals surface area contributed by atoms with Gasteiger partial charge in [-0.05, 0) is 59.6 Å². The van der Waals surface area contributed by atoms with Crippen molar-refractivity contribution in [1.82, 2.24) is 0 Å². The van der Waals surface area contributed by atoms with Gasteiger partial charge in [0.15, 0.2) is 11.5 Å². The lowest BCUT2D eigenvalue weighted by Gasteiger charge is -2.41. The molecular formula is C16H22O2. The molecule has 2 saturated carbocycles. The minimum Gasteiger partial charge on any atom is -0.504 e. The van der Waals surface area contributed by atoms with Gasteiger partial charge in [-0.2, -0.15) is 0 Å². The first kappa shape index (κ1) is 11.9. The Labute approximate surface area is 109 Å². The Morgan fingerprint density at radius 1 is 1.11 bits per heavy atom. The first-order valence-corrected chi connectivity index (χ1v) is 6.93.